The van der Waals surface area contributed by atoms with Gasteiger partial charge in [-0.15, -0.1) is 0 Å². The summed E-state index contributed by atoms with van der Waals surface area (Å²) in [5, 5.41) is 7.15. The smallest absolute Gasteiger partial charge is 0.254 e. The molecule has 1 N–H and O–H groups in total. The maximum Gasteiger partial charge on any atom is 0.254 e. The summed E-state index contributed by atoms with van der Waals surface area (Å²) in [5.74, 6) is -0.0560. The van der Waals surface area contributed by atoms with Crippen LogP contribution in [-0.4, -0.2) is 35.4 Å². The van der Waals surface area contributed by atoms with E-state index >= 15 is 0 Å². The van der Waals surface area contributed by atoms with Gasteiger partial charge in [-0.25, -0.2) is 9.07 Å². The van der Waals surface area contributed by atoms with Gasteiger partial charge in [0.25, 0.3) is 5.91 Å². The number of carbonyl (C=O) groups excluding carboxylic acids is 1. The van der Waals surface area contributed by atoms with E-state index in [0.29, 0.717) is 24.6 Å². The second-order valence-electron chi connectivity index (χ2n) is 5.47. The van der Waals surface area contributed by atoms with E-state index < -0.39 is 0 Å². The molecule has 22 heavy (non-hydrogen) atoms. The van der Waals surface area contributed by atoms with Gasteiger partial charge in [-0.05, 0) is 37.6 Å². The van der Waals surface area contributed by atoms with Crippen LogP contribution in [0, 0.1) is 18.7 Å². The van der Waals surface area contributed by atoms with Gasteiger partial charge in [0.15, 0.2) is 0 Å². The lowest BCUT2D eigenvalue weighted by atomic mass is 10.1. The Kier molecular flexibility index (Phi) is 4.20. The fourth-order valence-corrected chi connectivity index (χ4v) is 2.55. The quantitative estimate of drug-likeness (QED) is 0.941. The molecule has 2 heterocycles. The Hall–Kier alpha value is -2.21. The minimum atomic E-state index is -0.301. The number of nitrogens with one attached hydrogen (secondary N) is 1. The highest BCUT2D eigenvalue weighted by Crippen LogP contribution is 2.15. The topological polar surface area (TPSA) is 56.1 Å². The van der Waals surface area contributed by atoms with E-state index in [1.54, 1.807) is 23.0 Å². The van der Waals surface area contributed by atoms with E-state index in [4.69, 9.17) is 4.74 Å². The standard InChI is InChI=1S/C16H18FN3O2/c1-11-15(16(21)18-8-12-6-7-22-10-12)9-19-20(11)14-4-2-13(17)3-5-14/h2-5,9,12H,6-8,10H2,1H3,(H,18,21)/t12-/m0/s1. The summed E-state index contributed by atoms with van der Waals surface area (Å²) >= 11 is 0. The molecule has 6 heteroatoms. The van der Waals surface area contributed by atoms with Crippen LogP contribution in [0.2, 0.25) is 0 Å². The lowest BCUT2D eigenvalue weighted by Crippen LogP contribution is -2.29. The second kappa shape index (κ2) is 6.27. The van der Waals surface area contributed by atoms with Gasteiger partial charge in [0.2, 0.25) is 0 Å². The van der Waals surface area contributed by atoms with Crippen molar-refractivity contribution in [2.45, 2.75) is 13.3 Å². The lowest BCUT2D eigenvalue weighted by Gasteiger charge is -2.09. The third kappa shape index (κ3) is 3.01. The van der Waals surface area contributed by atoms with E-state index in [-0.39, 0.29) is 11.7 Å². The molecule has 0 saturated carbocycles. The molecule has 1 aliphatic heterocycles. The van der Waals surface area contributed by atoms with Crippen LogP contribution in [0.5, 0.6) is 0 Å². The van der Waals surface area contributed by atoms with Crippen molar-refractivity contribution in [3.05, 3.63) is 47.5 Å². The van der Waals surface area contributed by atoms with E-state index in [9.17, 15) is 9.18 Å². The maximum atomic E-state index is 13.0. The Balaban J connectivity index is 1.72. The number of benzene rings is 1. The fourth-order valence-electron chi connectivity index (χ4n) is 2.55. The second-order valence-corrected chi connectivity index (χ2v) is 5.47. The third-order valence-electron chi connectivity index (χ3n) is 3.90. The van der Waals surface area contributed by atoms with Crippen molar-refractivity contribution >= 4 is 5.91 Å². The summed E-state index contributed by atoms with van der Waals surface area (Å²) in [7, 11) is 0. The van der Waals surface area contributed by atoms with Crippen molar-refractivity contribution in [2.75, 3.05) is 19.8 Å². The zero-order valence-corrected chi connectivity index (χ0v) is 12.4. The average Bonchev–Trinajstić information content (AvgIpc) is 3.15. The lowest BCUT2D eigenvalue weighted by molar-refractivity contribution is 0.0944. The van der Waals surface area contributed by atoms with Crippen LogP contribution in [0.4, 0.5) is 4.39 Å². The maximum absolute atomic E-state index is 13.0. The fraction of sp³-hybridized carbons (Fsp3) is 0.375. The average molecular weight is 303 g/mol. The first kappa shape index (κ1) is 14.7. The summed E-state index contributed by atoms with van der Waals surface area (Å²) in [6.07, 6.45) is 2.52. The number of hydrogen-bond acceptors (Lipinski definition) is 3. The Morgan fingerprint density at radius 1 is 1.45 bits per heavy atom. The number of amides is 1. The number of halogens is 1. The molecular weight excluding hydrogens is 285 g/mol. The van der Waals surface area contributed by atoms with Crippen molar-refractivity contribution in [3.63, 3.8) is 0 Å². The molecule has 1 fully saturated rings. The molecule has 116 valence electrons. The molecule has 0 aliphatic carbocycles. The molecule has 0 bridgehead atoms. The van der Waals surface area contributed by atoms with Gasteiger partial charge in [0.1, 0.15) is 5.82 Å². The van der Waals surface area contributed by atoms with Gasteiger partial charge in [0, 0.05) is 19.1 Å². The van der Waals surface area contributed by atoms with Crippen molar-refractivity contribution in [1.82, 2.24) is 15.1 Å². The highest BCUT2D eigenvalue weighted by molar-refractivity contribution is 5.95. The van der Waals surface area contributed by atoms with Crippen molar-refractivity contribution in [2.24, 2.45) is 5.92 Å². The molecule has 1 aliphatic rings. The number of nitrogens with zero attached hydrogens (tertiary/aromatic N) is 2. The summed E-state index contributed by atoms with van der Waals surface area (Å²) in [6, 6.07) is 6.01. The molecule has 1 saturated heterocycles. The first-order valence-electron chi connectivity index (χ1n) is 7.31. The molecule has 0 unspecified atom stereocenters. The van der Waals surface area contributed by atoms with Gasteiger partial charge in [0.05, 0.1) is 29.7 Å². The van der Waals surface area contributed by atoms with Gasteiger partial charge in [-0.2, -0.15) is 5.10 Å². The Morgan fingerprint density at radius 2 is 2.23 bits per heavy atom. The number of rotatable bonds is 4. The highest BCUT2D eigenvalue weighted by Gasteiger charge is 2.19. The zero-order valence-electron chi connectivity index (χ0n) is 12.4. The van der Waals surface area contributed by atoms with Crippen LogP contribution in [0.25, 0.3) is 5.69 Å². The SMILES string of the molecule is Cc1c(C(=O)NC[C@@H]2CCOC2)cnn1-c1ccc(F)cc1. The van der Waals surface area contributed by atoms with Crippen LogP contribution in [0.1, 0.15) is 22.5 Å². The van der Waals surface area contributed by atoms with Crippen LogP contribution >= 0.6 is 0 Å². The molecule has 1 aromatic carbocycles. The van der Waals surface area contributed by atoms with Crippen LogP contribution in [0.15, 0.2) is 30.5 Å². The first-order valence-corrected chi connectivity index (χ1v) is 7.31. The van der Waals surface area contributed by atoms with E-state index in [2.05, 4.69) is 10.4 Å². The van der Waals surface area contributed by atoms with Gasteiger partial charge in [-0.1, -0.05) is 0 Å². The molecule has 0 radical (unpaired) electrons. The predicted molar refractivity (Wildman–Crippen MR) is 79.5 cm³/mol. The molecule has 2 aromatic rings. The van der Waals surface area contributed by atoms with E-state index in [1.807, 2.05) is 6.92 Å². The zero-order chi connectivity index (χ0) is 15.5. The molecule has 1 atom stereocenters. The Morgan fingerprint density at radius 3 is 2.91 bits per heavy atom. The largest absolute Gasteiger partial charge is 0.381 e. The van der Waals surface area contributed by atoms with Gasteiger partial charge in [-0.3, -0.25) is 4.79 Å². The van der Waals surface area contributed by atoms with Crippen molar-refractivity contribution < 1.29 is 13.9 Å². The molecule has 0 spiro atoms. The van der Waals surface area contributed by atoms with E-state index in [1.165, 1.54) is 12.1 Å². The van der Waals surface area contributed by atoms with Crippen LogP contribution in [0.3, 0.4) is 0 Å². The summed E-state index contributed by atoms with van der Waals surface area (Å²) in [6.45, 7) is 3.90. The van der Waals surface area contributed by atoms with Gasteiger partial charge >= 0.3 is 0 Å². The van der Waals surface area contributed by atoms with E-state index in [0.717, 1.165) is 24.4 Å². The summed E-state index contributed by atoms with van der Waals surface area (Å²) < 4.78 is 19.9. The molecule has 1 aromatic heterocycles. The number of carbonyl (C=O) groups is 1. The normalized spacial score (nSPS) is 17.6. The van der Waals surface area contributed by atoms with Crippen LogP contribution in [-0.2, 0) is 4.74 Å². The first-order chi connectivity index (χ1) is 10.6. The molecule has 5 nitrogen and oxygen atoms in total. The monoisotopic (exact) mass is 303 g/mol. The summed E-state index contributed by atoms with van der Waals surface area (Å²) in [5.41, 5.74) is 1.98. The third-order valence-corrected chi connectivity index (χ3v) is 3.90. The minimum Gasteiger partial charge on any atom is -0.381 e. The van der Waals surface area contributed by atoms with Gasteiger partial charge < -0.3 is 10.1 Å². The molecule has 1 amide bonds. The number of aromatic nitrogens is 2. The number of ether oxygens (including phenoxy) is 1. The highest BCUT2D eigenvalue weighted by atomic mass is 19.1. The number of hydrogen-bond donors (Lipinski definition) is 1. The molecule has 3 rings (SSSR count). The summed E-state index contributed by atoms with van der Waals surface area (Å²) in [4.78, 5) is 12.3. The molecular formula is C16H18FN3O2. The van der Waals surface area contributed by atoms with Crippen molar-refractivity contribution in [3.8, 4) is 5.69 Å². The minimum absolute atomic E-state index is 0.141. The van der Waals surface area contributed by atoms with Crippen LogP contribution < -0.4 is 5.32 Å². The van der Waals surface area contributed by atoms with Crippen molar-refractivity contribution in [1.29, 1.82) is 0 Å². The Labute approximate surface area is 128 Å². The predicted octanol–water partition coefficient (Wildman–Crippen LogP) is 2.09. The Bertz CT molecular complexity index is 661.